The highest BCUT2D eigenvalue weighted by molar-refractivity contribution is 5.96. The highest BCUT2D eigenvalue weighted by atomic mass is 16.5. The first kappa shape index (κ1) is 22.7. The molecule has 0 bridgehead atoms. The van der Waals surface area contributed by atoms with E-state index in [1.807, 2.05) is 42.5 Å². The summed E-state index contributed by atoms with van der Waals surface area (Å²) in [6.07, 6.45) is 0.587. The van der Waals surface area contributed by atoms with Gasteiger partial charge in [-0.3, -0.25) is 4.79 Å². The first-order valence-corrected chi connectivity index (χ1v) is 9.94. The second-order valence-corrected chi connectivity index (χ2v) is 6.86. The van der Waals surface area contributed by atoms with Crippen molar-refractivity contribution < 1.29 is 28.5 Å². The van der Waals surface area contributed by atoms with Gasteiger partial charge in [-0.15, -0.1) is 0 Å². The quantitative estimate of drug-likeness (QED) is 0.510. The molecule has 3 aromatic rings. The molecule has 0 aliphatic carbocycles. The van der Waals surface area contributed by atoms with Crippen LogP contribution >= 0.6 is 0 Å². The number of hydrogen-bond acceptors (Lipinski definition) is 6. The molecule has 7 heteroatoms. The summed E-state index contributed by atoms with van der Waals surface area (Å²) in [5, 5.41) is 2.67. The SMILES string of the molecule is COc1cc(NC(=O)COC(=O)c2ccccc2Cc2ccccc2)cc(OC)c1OC. The Hall–Kier alpha value is -4.00. The lowest BCUT2D eigenvalue weighted by atomic mass is 10.00. The molecule has 0 atom stereocenters. The van der Waals surface area contributed by atoms with Crippen molar-refractivity contribution in [3.63, 3.8) is 0 Å². The molecule has 32 heavy (non-hydrogen) atoms. The van der Waals surface area contributed by atoms with Crippen LogP contribution in [-0.2, 0) is 16.0 Å². The van der Waals surface area contributed by atoms with E-state index in [0.29, 0.717) is 34.9 Å². The highest BCUT2D eigenvalue weighted by Crippen LogP contribution is 2.39. The molecule has 3 rings (SSSR count). The molecule has 0 aliphatic rings. The lowest BCUT2D eigenvalue weighted by Gasteiger charge is -2.15. The number of amides is 1. The molecule has 0 fully saturated rings. The van der Waals surface area contributed by atoms with Gasteiger partial charge < -0.3 is 24.3 Å². The summed E-state index contributed by atoms with van der Waals surface area (Å²) in [5.74, 6) is 0.155. The fraction of sp³-hybridized carbons (Fsp3) is 0.200. The Morgan fingerprint density at radius 3 is 2.06 bits per heavy atom. The van der Waals surface area contributed by atoms with Crippen molar-refractivity contribution >= 4 is 17.6 Å². The summed E-state index contributed by atoms with van der Waals surface area (Å²) >= 11 is 0. The largest absolute Gasteiger partial charge is 0.493 e. The minimum absolute atomic E-state index is 0.397. The maximum absolute atomic E-state index is 12.6. The van der Waals surface area contributed by atoms with Crippen molar-refractivity contribution in [2.45, 2.75) is 6.42 Å². The van der Waals surface area contributed by atoms with Crippen molar-refractivity contribution in [3.05, 3.63) is 83.4 Å². The summed E-state index contributed by atoms with van der Waals surface area (Å²) < 4.78 is 21.1. The van der Waals surface area contributed by atoms with Gasteiger partial charge in [0.1, 0.15) is 0 Å². The highest BCUT2D eigenvalue weighted by Gasteiger charge is 2.17. The number of carbonyl (C=O) groups excluding carboxylic acids is 2. The second kappa shape index (κ2) is 10.9. The molecule has 166 valence electrons. The number of carbonyl (C=O) groups is 2. The molecule has 3 aromatic carbocycles. The van der Waals surface area contributed by atoms with Gasteiger partial charge in [-0.25, -0.2) is 4.79 Å². The van der Waals surface area contributed by atoms with Crippen LogP contribution in [0.25, 0.3) is 0 Å². The Bertz CT molecular complexity index is 1060. The molecular formula is C25H25NO6. The summed E-state index contributed by atoms with van der Waals surface area (Å²) in [6.45, 7) is -0.435. The van der Waals surface area contributed by atoms with E-state index < -0.39 is 18.5 Å². The van der Waals surface area contributed by atoms with Gasteiger partial charge >= 0.3 is 5.97 Å². The number of benzene rings is 3. The molecule has 1 amide bonds. The fourth-order valence-electron chi connectivity index (χ4n) is 3.25. The normalized spacial score (nSPS) is 10.2. The maximum Gasteiger partial charge on any atom is 0.338 e. The van der Waals surface area contributed by atoms with Crippen molar-refractivity contribution in [1.82, 2.24) is 0 Å². The monoisotopic (exact) mass is 435 g/mol. The molecule has 0 saturated heterocycles. The predicted molar refractivity (Wildman–Crippen MR) is 121 cm³/mol. The Morgan fingerprint density at radius 2 is 1.44 bits per heavy atom. The van der Waals surface area contributed by atoms with E-state index in [1.165, 1.54) is 21.3 Å². The van der Waals surface area contributed by atoms with E-state index in [0.717, 1.165) is 11.1 Å². The average Bonchev–Trinajstić information content (AvgIpc) is 2.82. The third-order valence-electron chi connectivity index (χ3n) is 4.76. The van der Waals surface area contributed by atoms with Crippen LogP contribution in [0.2, 0.25) is 0 Å². The Balaban J connectivity index is 1.65. The van der Waals surface area contributed by atoms with E-state index in [-0.39, 0.29) is 0 Å². The van der Waals surface area contributed by atoms with Gasteiger partial charge in [-0.2, -0.15) is 0 Å². The third-order valence-corrected chi connectivity index (χ3v) is 4.76. The van der Waals surface area contributed by atoms with Gasteiger partial charge in [-0.05, 0) is 23.6 Å². The molecule has 1 N–H and O–H groups in total. The Morgan fingerprint density at radius 1 is 0.812 bits per heavy atom. The molecule has 0 spiro atoms. The van der Waals surface area contributed by atoms with Gasteiger partial charge in [0.05, 0.1) is 26.9 Å². The minimum atomic E-state index is -0.559. The second-order valence-electron chi connectivity index (χ2n) is 6.86. The first-order valence-electron chi connectivity index (χ1n) is 9.94. The number of esters is 1. The van der Waals surface area contributed by atoms with E-state index in [1.54, 1.807) is 24.3 Å². The van der Waals surface area contributed by atoms with Crippen LogP contribution in [0.5, 0.6) is 17.2 Å². The van der Waals surface area contributed by atoms with Gasteiger partial charge in [0, 0.05) is 17.8 Å². The van der Waals surface area contributed by atoms with Crippen molar-refractivity contribution in [2.75, 3.05) is 33.3 Å². The molecule has 7 nitrogen and oxygen atoms in total. The van der Waals surface area contributed by atoms with Crippen LogP contribution < -0.4 is 19.5 Å². The summed E-state index contributed by atoms with van der Waals surface area (Å²) in [5.41, 5.74) is 2.75. The molecule has 0 aliphatic heterocycles. The zero-order valence-electron chi connectivity index (χ0n) is 18.2. The smallest absolute Gasteiger partial charge is 0.338 e. The lowest BCUT2D eigenvalue weighted by molar-refractivity contribution is -0.119. The molecule has 0 heterocycles. The van der Waals surface area contributed by atoms with Crippen molar-refractivity contribution in [2.24, 2.45) is 0 Å². The number of hydrogen-bond donors (Lipinski definition) is 1. The zero-order chi connectivity index (χ0) is 22.9. The fourth-order valence-corrected chi connectivity index (χ4v) is 3.25. The predicted octanol–water partition coefficient (Wildman–Crippen LogP) is 4.10. The van der Waals surface area contributed by atoms with E-state index in [9.17, 15) is 9.59 Å². The van der Waals surface area contributed by atoms with Crippen LogP contribution in [0.4, 0.5) is 5.69 Å². The van der Waals surface area contributed by atoms with Crippen LogP contribution in [0.1, 0.15) is 21.5 Å². The maximum atomic E-state index is 12.6. The van der Waals surface area contributed by atoms with Crippen LogP contribution in [0.15, 0.2) is 66.7 Å². The van der Waals surface area contributed by atoms with E-state index in [4.69, 9.17) is 18.9 Å². The zero-order valence-corrected chi connectivity index (χ0v) is 18.2. The van der Waals surface area contributed by atoms with Gasteiger partial charge in [0.2, 0.25) is 5.75 Å². The van der Waals surface area contributed by atoms with Crippen LogP contribution in [-0.4, -0.2) is 39.8 Å². The number of methoxy groups -OCH3 is 3. The van der Waals surface area contributed by atoms with Gasteiger partial charge in [0.15, 0.2) is 18.1 Å². The Kier molecular flexibility index (Phi) is 7.70. The number of rotatable bonds is 9. The summed E-state index contributed by atoms with van der Waals surface area (Å²) in [7, 11) is 4.46. The standard InChI is InChI=1S/C25H25NO6/c1-29-21-14-19(15-22(30-2)24(21)31-3)26-23(27)16-32-25(28)20-12-8-7-11-18(20)13-17-9-5-4-6-10-17/h4-12,14-15H,13,16H2,1-3H3,(H,26,27). The van der Waals surface area contributed by atoms with Crippen LogP contribution in [0, 0.1) is 0 Å². The van der Waals surface area contributed by atoms with Gasteiger partial charge in [-0.1, -0.05) is 48.5 Å². The molecule has 0 unspecified atom stereocenters. The van der Waals surface area contributed by atoms with Crippen molar-refractivity contribution in [1.29, 1.82) is 0 Å². The first-order chi connectivity index (χ1) is 15.5. The summed E-state index contributed by atoms with van der Waals surface area (Å²) in [4.78, 5) is 25.0. The minimum Gasteiger partial charge on any atom is -0.493 e. The van der Waals surface area contributed by atoms with E-state index in [2.05, 4.69) is 5.32 Å². The van der Waals surface area contributed by atoms with Gasteiger partial charge in [0.25, 0.3) is 5.91 Å². The van der Waals surface area contributed by atoms with E-state index >= 15 is 0 Å². The third kappa shape index (κ3) is 5.57. The molecule has 0 aromatic heterocycles. The molecule has 0 radical (unpaired) electrons. The summed E-state index contributed by atoms with van der Waals surface area (Å²) in [6, 6.07) is 20.2. The number of ether oxygens (including phenoxy) is 4. The molecule has 0 saturated carbocycles. The number of anilines is 1. The number of nitrogens with one attached hydrogen (secondary N) is 1. The topological polar surface area (TPSA) is 83.1 Å². The lowest BCUT2D eigenvalue weighted by Crippen LogP contribution is -2.21. The van der Waals surface area contributed by atoms with Crippen LogP contribution in [0.3, 0.4) is 0 Å². The average molecular weight is 435 g/mol. The molecular weight excluding hydrogens is 410 g/mol. The Labute approximate surface area is 186 Å². The van der Waals surface area contributed by atoms with Crippen molar-refractivity contribution in [3.8, 4) is 17.2 Å².